The number of hydrogen-bond acceptors (Lipinski definition) is 4. The number of amides is 2. The predicted molar refractivity (Wildman–Crippen MR) is 53.2 cm³/mol. The van der Waals surface area contributed by atoms with Crippen LogP contribution in [0.1, 0.15) is 5.76 Å². The Hall–Kier alpha value is -1.56. The van der Waals surface area contributed by atoms with E-state index in [9.17, 15) is 4.79 Å². The molecule has 1 fully saturated rings. The maximum atomic E-state index is 11.2. The Labute approximate surface area is 87.6 Å². The van der Waals surface area contributed by atoms with E-state index < -0.39 is 0 Å². The number of nitrogens with zero attached hydrogens (tertiary/aromatic N) is 2. The molecule has 0 aromatic carbocycles. The predicted octanol–water partition coefficient (Wildman–Crippen LogP) is -0.211. The third-order valence-corrected chi connectivity index (χ3v) is 2.29. The fourth-order valence-corrected chi connectivity index (χ4v) is 1.48. The Morgan fingerprint density at radius 1 is 1.67 bits per heavy atom. The summed E-state index contributed by atoms with van der Waals surface area (Å²) in [6.45, 7) is 3.67. The van der Waals surface area contributed by atoms with Crippen molar-refractivity contribution in [2.45, 2.75) is 6.54 Å². The van der Waals surface area contributed by atoms with Gasteiger partial charge in [0.1, 0.15) is 5.76 Å². The lowest BCUT2D eigenvalue weighted by Gasteiger charge is -2.13. The number of rotatable bonds is 5. The lowest BCUT2D eigenvalue weighted by atomic mass is 10.4. The fraction of sp³-hybridized carbons (Fsp3) is 0.556. The molecule has 2 rings (SSSR count). The van der Waals surface area contributed by atoms with E-state index in [0.29, 0.717) is 6.54 Å². The zero-order valence-electron chi connectivity index (χ0n) is 8.40. The first kappa shape index (κ1) is 9.97. The summed E-state index contributed by atoms with van der Waals surface area (Å²) in [6.07, 6.45) is 1.62. The van der Waals surface area contributed by atoms with Crippen LogP contribution in [0.4, 0.5) is 4.79 Å². The van der Waals surface area contributed by atoms with Gasteiger partial charge in [-0.3, -0.25) is 0 Å². The van der Waals surface area contributed by atoms with Gasteiger partial charge >= 0.3 is 6.03 Å². The van der Waals surface area contributed by atoms with E-state index >= 15 is 0 Å². The lowest BCUT2D eigenvalue weighted by molar-refractivity contribution is 0.217. The van der Waals surface area contributed by atoms with Crippen molar-refractivity contribution in [3.63, 3.8) is 0 Å². The van der Waals surface area contributed by atoms with Gasteiger partial charge in [0, 0.05) is 32.2 Å². The quantitative estimate of drug-likeness (QED) is 0.660. The zero-order chi connectivity index (χ0) is 10.5. The number of carbonyl (C=O) groups excluding carboxylic acids is 1. The summed E-state index contributed by atoms with van der Waals surface area (Å²) in [7, 11) is 0. The Bertz CT molecular complexity index is 312. The van der Waals surface area contributed by atoms with E-state index in [1.54, 1.807) is 11.1 Å². The number of hydrogen-bond donors (Lipinski definition) is 2. The average molecular weight is 210 g/mol. The summed E-state index contributed by atoms with van der Waals surface area (Å²) >= 11 is 0. The molecule has 1 aromatic heterocycles. The lowest BCUT2D eigenvalue weighted by Crippen LogP contribution is -2.34. The molecule has 0 saturated carbocycles. The van der Waals surface area contributed by atoms with Crippen LogP contribution in [0.3, 0.4) is 0 Å². The molecule has 2 N–H and O–H groups in total. The molecule has 0 spiro atoms. The SMILES string of the molecule is O=C1NCCN1CCNCc1ccno1. The highest BCUT2D eigenvalue weighted by molar-refractivity contribution is 5.76. The second-order valence-electron chi connectivity index (χ2n) is 3.37. The van der Waals surface area contributed by atoms with Crippen molar-refractivity contribution in [3.05, 3.63) is 18.0 Å². The first-order valence-corrected chi connectivity index (χ1v) is 4.99. The highest BCUT2D eigenvalue weighted by Gasteiger charge is 2.17. The standard InChI is InChI=1S/C9H14N4O2/c14-9-11-4-6-13(9)5-3-10-7-8-1-2-12-15-8/h1-2,10H,3-7H2,(H,11,14). The largest absolute Gasteiger partial charge is 0.360 e. The fourth-order valence-electron chi connectivity index (χ4n) is 1.48. The van der Waals surface area contributed by atoms with Crippen molar-refractivity contribution >= 4 is 6.03 Å². The Balaban J connectivity index is 1.61. The number of nitrogens with one attached hydrogen (secondary N) is 2. The molecular formula is C9H14N4O2. The van der Waals surface area contributed by atoms with E-state index in [4.69, 9.17) is 4.52 Å². The molecule has 1 aliphatic heterocycles. The normalized spacial score (nSPS) is 15.7. The molecule has 0 unspecified atom stereocenters. The van der Waals surface area contributed by atoms with Gasteiger partial charge in [-0.25, -0.2) is 4.79 Å². The topological polar surface area (TPSA) is 70.4 Å². The van der Waals surface area contributed by atoms with Crippen LogP contribution in [0.15, 0.2) is 16.8 Å². The minimum Gasteiger partial charge on any atom is -0.360 e. The van der Waals surface area contributed by atoms with Gasteiger partial charge < -0.3 is 20.1 Å². The van der Waals surface area contributed by atoms with Crippen LogP contribution in [0, 0.1) is 0 Å². The molecule has 1 saturated heterocycles. The second-order valence-corrected chi connectivity index (χ2v) is 3.37. The highest BCUT2D eigenvalue weighted by Crippen LogP contribution is 1.96. The van der Waals surface area contributed by atoms with Crippen LogP contribution < -0.4 is 10.6 Å². The third-order valence-electron chi connectivity index (χ3n) is 2.29. The average Bonchev–Trinajstić information content (AvgIpc) is 2.85. The Morgan fingerprint density at radius 3 is 3.27 bits per heavy atom. The molecule has 0 bridgehead atoms. The van der Waals surface area contributed by atoms with Crippen molar-refractivity contribution in [3.8, 4) is 0 Å². The molecule has 2 heterocycles. The summed E-state index contributed by atoms with van der Waals surface area (Å²) in [6, 6.07) is 1.84. The number of carbonyl (C=O) groups is 1. The first-order valence-electron chi connectivity index (χ1n) is 4.99. The molecule has 6 heteroatoms. The third kappa shape index (κ3) is 2.69. The van der Waals surface area contributed by atoms with Crippen LogP contribution >= 0.6 is 0 Å². The van der Waals surface area contributed by atoms with E-state index in [0.717, 1.165) is 31.9 Å². The minimum atomic E-state index is 0.0245. The van der Waals surface area contributed by atoms with Gasteiger partial charge in [-0.15, -0.1) is 0 Å². The Kier molecular flexibility index (Phi) is 3.18. The van der Waals surface area contributed by atoms with Gasteiger partial charge in [-0.2, -0.15) is 0 Å². The van der Waals surface area contributed by atoms with Crippen LogP contribution in [0.2, 0.25) is 0 Å². The number of urea groups is 1. The van der Waals surface area contributed by atoms with Crippen LogP contribution in [0.5, 0.6) is 0 Å². The monoisotopic (exact) mass is 210 g/mol. The Morgan fingerprint density at radius 2 is 2.60 bits per heavy atom. The molecule has 1 aromatic rings. The van der Waals surface area contributed by atoms with Crippen LogP contribution in [0.25, 0.3) is 0 Å². The zero-order valence-corrected chi connectivity index (χ0v) is 8.40. The maximum Gasteiger partial charge on any atom is 0.317 e. The summed E-state index contributed by atoms with van der Waals surface area (Å²) in [5, 5.41) is 9.54. The maximum absolute atomic E-state index is 11.2. The molecule has 2 amide bonds. The summed E-state index contributed by atoms with van der Waals surface area (Å²) in [5.74, 6) is 0.806. The van der Waals surface area contributed by atoms with Crippen LogP contribution in [-0.2, 0) is 6.54 Å². The van der Waals surface area contributed by atoms with E-state index in [-0.39, 0.29) is 6.03 Å². The van der Waals surface area contributed by atoms with Crippen molar-refractivity contribution in [1.82, 2.24) is 20.7 Å². The molecule has 6 nitrogen and oxygen atoms in total. The van der Waals surface area contributed by atoms with E-state index in [2.05, 4.69) is 15.8 Å². The molecule has 1 aliphatic rings. The van der Waals surface area contributed by atoms with Crippen molar-refractivity contribution in [1.29, 1.82) is 0 Å². The second kappa shape index (κ2) is 4.79. The molecule has 0 aliphatic carbocycles. The molecular weight excluding hydrogens is 196 g/mol. The summed E-state index contributed by atoms with van der Waals surface area (Å²) in [4.78, 5) is 12.9. The smallest absolute Gasteiger partial charge is 0.317 e. The van der Waals surface area contributed by atoms with Gasteiger partial charge in [0.15, 0.2) is 0 Å². The van der Waals surface area contributed by atoms with Crippen molar-refractivity contribution < 1.29 is 9.32 Å². The molecule has 82 valence electrons. The van der Waals surface area contributed by atoms with E-state index in [1.165, 1.54) is 0 Å². The van der Waals surface area contributed by atoms with Gasteiger partial charge in [0.25, 0.3) is 0 Å². The van der Waals surface area contributed by atoms with Gasteiger partial charge in [-0.05, 0) is 0 Å². The van der Waals surface area contributed by atoms with E-state index in [1.807, 2.05) is 6.07 Å². The first-order chi connectivity index (χ1) is 7.36. The molecule has 0 radical (unpaired) electrons. The highest BCUT2D eigenvalue weighted by atomic mass is 16.5. The van der Waals surface area contributed by atoms with Gasteiger partial charge in [0.2, 0.25) is 0 Å². The molecule has 15 heavy (non-hydrogen) atoms. The van der Waals surface area contributed by atoms with Crippen LogP contribution in [-0.4, -0.2) is 42.3 Å². The van der Waals surface area contributed by atoms with Gasteiger partial charge in [0.05, 0.1) is 12.7 Å². The minimum absolute atomic E-state index is 0.0245. The van der Waals surface area contributed by atoms with Gasteiger partial charge in [-0.1, -0.05) is 5.16 Å². The molecule has 0 atom stereocenters. The van der Waals surface area contributed by atoms with Crippen molar-refractivity contribution in [2.24, 2.45) is 0 Å². The summed E-state index contributed by atoms with van der Waals surface area (Å²) < 4.78 is 4.92. The summed E-state index contributed by atoms with van der Waals surface area (Å²) in [5.41, 5.74) is 0. The van der Waals surface area contributed by atoms with Crippen molar-refractivity contribution in [2.75, 3.05) is 26.2 Å². The number of aromatic nitrogens is 1.